The van der Waals surface area contributed by atoms with Crippen LogP contribution in [0.25, 0.3) is 0 Å². The fraction of sp³-hybridized carbons (Fsp3) is 0.750. The molecule has 0 heterocycles. The summed E-state index contributed by atoms with van der Waals surface area (Å²) in [7, 11) is -10.3. The number of aliphatic hydroxyl groups excluding tert-OH is 4. The van der Waals surface area contributed by atoms with Crippen molar-refractivity contribution in [3.8, 4) is 0 Å². The lowest BCUT2D eigenvalue weighted by Gasteiger charge is -2.06. The second-order valence-electron chi connectivity index (χ2n) is 7.56. The lowest BCUT2D eigenvalue weighted by molar-refractivity contribution is -0.423. The molecule has 0 unspecified atom stereocenters. The number of carboxylic acid groups (broad SMARTS) is 4. The first-order valence-corrected chi connectivity index (χ1v) is 13.2. The van der Waals surface area contributed by atoms with Crippen molar-refractivity contribution in [3.05, 3.63) is 0 Å². The van der Waals surface area contributed by atoms with Crippen molar-refractivity contribution in [2.24, 2.45) is 0 Å². The molecule has 0 aliphatic carbocycles. The van der Waals surface area contributed by atoms with Gasteiger partial charge in [-0.25, -0.2) is 19.2 Å². The summed E-state index contributed by atoms with van der Waals surface area (Å²) in [6, 6.07) is -3.63. The van der Waals surface area contributed by atoms with Crippen molar-refractivity contribution in [2.45, 2.75) is 76.3 Å². The lowest BCUT2D eigenvalue weighted by Crippen LogP contribution is -2.69. The molecule has 44 heavy (non-hydrogen) atoms. The van der Waals surface area contributed by atoms with E-state index in [2.05, 4.69) is 22.9 Å². The van der Waals surface area contributed by atoms with Crippen molar-refractivity contribution in [2.75, 3.05) is 0 Å². The Morgan fingerprint density at radius 3 is 0.523 bits per heavy atom. The fourth-order valence-electron chi connectivity index (χ4n) is 0.825. The molecule has 0 aliphatic heterocycles. The highest BCUT2D eigenvalue weighted by atomic mass is 32.3. The van der Waals surface area contributed by atoms with E-state index >= 15 is 0 Å². The van der Waals surface area contributed by atoms with Crippen LogP contribution in [-0.4, -0.2) is 159 Å². The van der Waals surface area contributed by atoms with Crippen molar-refractivity contribution >= 4 is 44.7 Å². The van der Waals surface area contributed by atoms with Crippen LogP contribution >= 0.6 is 0 Å². The number of aliphatic carboxylic acids is 4. The molecule has 0 amide bonds. The average molecular weight is 709 g/mol. The van der Waals surface area contributed by atoms with E-state index < -0.39 is 93.3 Å². The molecule has 0 bridgehead atoms. The molecular formula is C16H44N4O22S2. The fourth-order valence-corrected chi connectivity index (χ4v) is 0.825. The van der Waals surface area contributed by atoms with Gasteiger partial charge in [0.25, 0.3) is 0 Å². The van der Waals surface area contributed by atoms with Gasteiger partial charge in [-0.3, -0.25) is 16.8 Å². The third-order valence-corrected chi connectivity index (χ3v) is 3.60. The Morgan fingerprint density at radius 1 is 0.455 bits per heavy atom. The first-order valence-electron chi connectivity index (χ1n) is 10.5. The Bertz CT molecular complexity index is 831. The molecule has 8 atom stereocenters. The number of rotatable bonds is 8. The Labute approximate surface area is 250 Å². The van der Waals surface area contributed by atoms with E-state index in [9.17, 15) is 19.2 Å². The van der Waals surface area contributed by atoms with Crippen LogP contribution in [0.4, 0.5) is 0 Å². The van der Waals surface area contributed by atoms with Gasteiger partial charge in [0, 0.05) is 20.8 Å². The van der Waals surface area contributed by atoms with E-state index in [4.69, 9.17) is 75.9 Å². The van der Waals surface area contributed by atoms with Gasteiger partial charge in [0.1, 0.15) is 24.4 Å². The number of hydrogen-bond acceptors (Lipinski definition) is 16. The van der Waals surface area contributed by atoms with E-state index in [0.29, 0.717) is 0 Å². The van der Waals surface area contributed by atoms with Gasteiger partial charge in [-0.15, -0.1) is 0 Å². The van der Waals surface area contributed by atoms with Crippen LogP contribution in [0.2, 0.25) is 0 Å². The molecule has 0 radical (unpaired) electrons. The molecule has 24 N–H and O–H groups in total. The molecule has 0 saturated carbocycles. The maximum atomic E-state index is 9.92. The summed E-state index contributed by atoms with van der Waals surface area (Å²) in [5.41, 5.74) is 12.8. The zero-order valence-electron chi connectivity index (χ0n) is 23.7. The van der Waals surface area contributed by atoms with Gasteiger partial charge in [0.2, 0.25) is 24.2 Å². The molecule has 0 rings (SSSR count). The van der Waals surface area contributed by atoms with E-state index in [1.165, 1.54) is 27.7 Å². The maximum absolute atomic E-state index is 9.92. The Balaban J connectivity index is -0.0000000590. The number of quaternary nitrogens is 4. The quantitative estimate of drug-likeness (QED) is 0.0822. The van der Waals surface area contributed by atoms with E-state index in [1.807, 2.05) is 0 Å². The zero-order chi connectivity index (χ0) is 35.9. The molecule has 0 spiro atoms. The van der Waals surface area contributed by atoms with Crippen molar-refractivity contribution in [1.82, 2.24) is 0 Å². The van der Waals surface area contributed by atoms with Crippen LogP contribution in [0.15, 0.2) is 0 Å². The minimum atomic E-state index is -5.17. The minimum Gasteiger partial charge on any atom is -0.759 e. The van der Waals surface area contributed by atoms with Gasteiger partial charge in [-0.1, -0.05) is 0 Å². The van der Waals surface area contributed by atoms with Gasteiger partial charge in [-0.05, 0) is 27.7 Å². The van der Waals surface area contributed by atoms with Crippen LogP contribution in [0.1, 0.15) is 27.7 Å². The summed E-state index contributed by atoms with van der Waals surface area (Å²) in [5.74, 6) is -4.28. The standard InChI is InChI=1S/4C4H9NO3.2H2O4S.2H2O/c4*1-2(6)3(5)4(7)8;2*1-5(2,3)4;;/h4*2-3,6H,5H2,1H3,(H,7,8);2*(H2,1,2,3,4);2*1H2/t4*2-,3+;;;;/m1111..../s1. The smallest absolute Gasteiger partial charge is 0.365 e. The monoisotopic (exact) mass is 708 g/mol. The van der Waals surface area contributed by atoms with Gasteiger partial charge >= 0.3 is 23.9 Å². The van der Waals surface area contributed by atoms with Crippen LogP contribution in [0.5, 0.6) is 0 Å². The first-order chi connectivity index (χ1) is 18.2. The van der Waals surface area contributed by atoms with E-state index in [0.717, 1.165) is 0 Å². The number of hydrogen-bond donors (Lipinski definition) is 12. The summed E-state index contributed by atoms with van der Waals surface area (Å²) < 4.78 is 68.2. The molecule has 28 heteroatoms. The number of aliphatic hydroxyl groups is 4. The minimum absolute atomic E-state index is 0. The van der Waals surface area contributed by atoms with Crippen LogP contribution < -0.4 is 22.9 Å². The SMILES string of the molecule is C[C@@H](O)[C@H]([NH3+])C(=O)O.C[C@@H](O)[C@H]([NH3+])C(=O)O.C[C@@H](O)[C@H]([NH3+])C(=O)O.C[C@@H](O)[C@H]([NH3+])C(=O)O.O.O.O=S(=O)([O-])[O-].O=S(=O)([O-])[O-]. The molecular weight excluding hydrogens is 664 g/mol. The van der Waals surface area contributed by atoms with Crippen molar-refractivity contribution in [1.29, 1.82) is 0 Å². The van der Waals surface area contributed by atoms with E-state index in [-0.39, 0.29) is 11.0 Å². The Morgan fingerprint density at radius 2 is 0.523 bits per heavy atom. The van der Waals surface area contributed by atoms with Crippen LogP contribution in [0, 0.1) is 0 Å². The highest BCUT2D eigenvalue weighted by Gasteiger charge is 2.22. The summed E-state index contributed by atoms with van der Waals surface area (Å²) in [5, 5.41) is 66.7. The average Bonchev–Trinajstić information content (AvgIpc) is 2.75. The second-order valence-corrected chi connectivity index (χ2v) is 9.19. The molecule has 0 saturated heterocycles. The second kappa shape index (κ2) is 30.3. The highest BCUT2D eigenvalue weighted by Crippen LogP contribution is 1.85. The van der Waals surface area contributed by atoms with Crippen molar-refractivity contribution < 1.29 is 129 Å². The molecule has 0 aromatic rings. The summed E-state index contributed by atoms with van der Waals surface area (Å²) in [6.45, 7) is 5.58. The molecule has 0 aromatic heterocycles. The van der Waals surface area contributed by atoms with Gasteiger partial charge in [-0.2, -0.15) is 0 Å². The predicted molar refractivity (Wildman–Crippen MR) is 132 cm³/mol. The third kappa shape index (κ3) is 67.1. The Kier molecular flexibility index (Phi) is 41.5. The van der Waals surface area contributed by atoms with Gasteiger partial charge in [0.15, 0.2) is 0 Å². The third-order valence-electron chi connectivity index (χ3n) is 3.60. The maximum Gasteiger partial charge on any atom is 0.365 e. The molecule has 26 nitrogen and oxygen atoms in total. The number of carbonyl (C=O) groups is 4. The molecule has 0 aliphatic rings. The zero-order valence-corrected chi connectivity index (χ0v) is 25.4. The van der Waals surface area contributed by atoms with Gasteiger partial charge < -0.3 is 93.0 Å². The largest absolute Gasteiger partial charge is 0.759 e. The topological polar surface area (TPSA) is 564 Å². The van der Waals surface area contributed by atoms with Crippen molar-refractivity contribution in [3.63, 3.8) is 0 Å². The first kappa shape index (κ1) is 60.4. The summed E-state index contributed by atoms with van der Waals surface area (Å²) in [4.78, 5) is 39.7. The molecule has 0 aromatic carbocycles. The number of carboxylic acids is 4. The lowest BCUT2D eigenvalue weighted by atomic mass is 10.2. The van der Waals surface area contributed by atoms with E-state index in [1.54, 1.807) is 0 Å². The van der Waals surface area contributed by atoms with Crippen LogP contribution in [-0.2, 0) is 40.0 Å². The Hall–Kier alpha value is -2.78. The van der Waals surface area contributed by atoms with Gasteiger partial charge in [0.05, 0.1) is 0 Å². The predicted octanol–water partition coefficient (Wildman–Crippen LogP) is -12.1. The molecule has 0 fully saturated rings. The van der Waals surface area contributed by atoms with Crippen LogP contribution in [0.3, 0.4) is 0 Å². The highest BCUT2D eigenvalue weighted by molar-refractivity contribution is 7.79. The summed E-state index contributed by atoms with van der Waals surface area (Å²) >= 11 is 0. The molecule has 272 valence electrons. The summed E-state index contributed by atoms with van der Waals surface area (Å²) in [6.07, 6.45) is -3.47. The normalized spacial score (nSPS) is 15.3.